The van der Waals surface area contributed by atoms with Crippen molar-refractivity contribution in [2.24, 2.45) is 0 Å². The Morgan fingerprint density at radius 3 is 2.54 bits per heavy atom. The second-order valence-electron chi connectivity index (χ2n) is 7.77. The molecular formula is C19H27N5O3S. The number of amides is 1. The van der Waals surface area contributed by atoms with Gasteiger partial charge in [0.15, 0.2) is 5.16 Å². The second kappa shape index (κ2) is 8.48. The van der Waals surface area contributed by atoms with Crippen LogP contribution in [0.15, 0.2) is 28.3 Å². The van der Waals surface area contributed by atoms with E-state index in [-0.39, 0.29) is 11.7 Å². The number of nitrogens with zero attached hydrogens (tertiary/aromatic N) is 5. The molecule has 28 heavy (non-hydrogen) atoms. The Hall–Kier alpha value is -2.13. The van der Waals surface area contributed by atoms with Gasteiger partial charge in [-0.2, -0.15) is 0 Å². The summed E-state index contributed by atoms with van der Waals surface area (Å²) in [5.74, 6) is 0. The van der Waals surface area contributed by atoms with Gasteiger partial charge in [-0.1, -0.05) is 11.8 Å². The number of pyridine rings is 1. The van der Waals surface area contributed by atoms with Crippen molar-refractivity contribution < 1.29 is 9.53 Å². The molecule has 0 bridgehead atoms. The molecule has 1 saturated heterocycles. The Morgan fingerprint density at radius 2 is 1.89 bits per heavy atom. The Balaban J connectivity index is 1.62. The molecule has 0 N–H and O–H groups in total. The minimum absolute atomic E-state index is 0.0642. The Morgan fingerprint density at radius 1 is 1.18 bits per heavy atom. The molecule has 1 aliphatic heterocycles. The van der Waals surface area contributed by atoms with Gasteiger partial charge in [0.2, 0.25) is 0 Å². The molecule has 2 aromatic rings. The Kier molecular flexibility index (Phi) is 6.24. The largest absolute Gasteiger partial charge is 0.444 e. The quantitative estimate of drug-likeness (QED) is 0.569. The van der Waals surface area contributed by atoms with Crippen molar-refractivity contribution in [3.63, 3.8) is 0 Å². The van der Waals surface area contributed by atoms with Crippen LogP contribution in [-0.4, -0.2) is 75.0 Å². The maximum atomic E-state index is 12.4. The Labute approximate surface area is 168 Å². The van der Waals surface area contributed by atoms with E-state index in [0.29, 0.717) is 30.4 Å². The molecule has 0 aliphatic carbocycles. The zero-order chi connectivity index (χ0) is 20.3. The molecule has 2 aromatic heterocycles. The highest BCUT2D eigenvalue weighted by atomic mass is 32.2. The summed E-state index contributed by atoms with van der Waals surface area (Å²) < 4.78 is 7.14. The molecule has 0 aromatic carbocycles. The van der Waals surface area contributed by atoms with Crippen molar-refractivity contribution >= 4 is 28.9 Å². The summed E-state index contributed by atoms with van der Waals surface area (Å²) >= 11 is 1.45. The van der Waals surface area contributed by atoms with E-state index in [1.165, 1.54) is 11.8 Å². The van der Waals surface area contributed by atoms with E-state index in [2.05, 4.69) is 14.9 Å². The van der Waals surface area contributed by atoms with E-state index in [1.54, 1.807) is 27.8 Å². The molecule has 0 atom stereocenters. The van der Waals surface area contributed by atoms with Crippen LogP contribution in [0.4, 0.5) is 4.79 Å². The first kappa shape index (κ1) is 20.6. The van der Waals surface area contributed by atoms with Gasteiger partial charge in [-0.25, -0.2) is 14.8 Å². The molecule has 1 amide bonds. The average Bonchev–Trinajstić information content (AvgIpc) is 2.66. The first-order valence-corrected chi connectivity index (χ1v) is 10.6. The molecule has 0 spiro atoms. The van der Waals surface area contributed by atoms with Crippen LogP contribution in [-0.2, 0) is 11.3 Å². The summed E-state index contributed by atoms with van der Waals surface area (Å²) in [5.41, 5.74) is 0.117. The van der Waals surface area contributed by atoms with E-state index in [9.17, 15) is 9.59 Å². The van der Waals surface area contributed by atoms with Crippen LogP contribution in [0.3, 0.4) is 0 Å². The fraction of sp³-hybridized carbons (Fsp3) is 0.579. The molecule has 0 radical (unpaired) electrons. The number of carbonyl (C=O) groups is 1. The molecule has 1 fully saturated rings. The average molecular weight is 406 g/mol. The van der Waals surface area contributed by atoms with Crippen molar-refractivity contribution in [3.05, 3.63) is 28.7 Å². The normalized spacial score (nSPS) is 15.8. The lowest BCUT2D eigenvalue weighted by Crippen LogP contribution is -2.50. The zero-order valence-corrected chi connectivity index (χ0v) is 17.7. The van der Waals surface area contributed by atoms with Crippen LogP contribution in [0, 0.1) is 0 Å². The lowest BCUT2D eigenvalue weighted by Gasteiger charge is -2.35. The van der Waals surface area contributed by atoms with E-state index in [1.807, 2.05) is 27.0 Å². The highest BCUT2D eigenvalue weighted by Gasteiger charge is 2.25. The van der Waals surface area contributed by atoms with Crippen molar-refractivity contribution in [1.82, 2.24) is 24.3 Å². The number of fused-ring (bicyclic) bond motifs is 1. The summed E-state index contributed by atoms with van der Waals surface area (Å²) in [5, 5.41) is 1.50. The van der Waals surface area contributed by atoms with Gasteiger partial charge < -0.3 is 9.64 Å². The van der Waals surface area contributed by atoms with Crippen molar-refractivity contribution in [1.29, 1.82) is 0 Å². The number of carbonyl (C=O) groups excluding carboxylic acids is 1. The van der Waals surface area contributed by atoms with E-state index in [0.717, 1.165) is 25.0 Å². The maximum absolute atomic E-state index is 12.4. The molecule has 3 heterocycles. The number of aromatic nitrogens is 3. The van der Waals surface area contributed by atoms with Gasteiger partial charge in [-0.05, 0) is 33.1 Å². The van der Waals surface area contributed by atoms with Gasteiger partial charge >= 0.3 is 6.09 Å². The number of hydrogen-bond donors (Lipinski definition) is 0. The SMILES string of the molecule is CSc1ncc2ccc(=O)n(CCN3CCN(C(=O)OC(C)(C)C)CC3)c2n1. The monoisotopic (exact) mass is 405 g/mol. The lowest BCUT2D eigenvalue weighted by molar-refractivity contribution is 0.0143. The van der Waals surface area contributed by atoms with Crippen molar-refractivity contribution in [2.75, 3.05) is 39.0 Å². The first-order chi connectivity index (χ1) is 13.3. The summed E-state index contributed by atoms with van der Waals surface area (Å²) in [4.78, 5) is 37.3. The first-order valence-electron chi connectivity index (χ1n) is 9.38. The summed E-state index contributed by atoms with van der Waals surface area (Å²) in [7, 11) is 0. The molecule has 3 rings (SSSR count). The molecular weight excluding hydrogens is 378 g/mol. The van der Waals surface area contributed by atoms with Gasteiger partial charge in [0, 0.05) is 56.9 Å². The van der Waals surface area contributed by atoms with E-state index >= 15 is 0 Å². The molecule has 1 aliphatic rings. The summed E-state index contributed by atoms with van der Waals surface area (Å²) in [6, 6.07) is 3.32. The summed E-state index contributed by atoms with van der Waals surface area (Å²) in [6.07, 6.45) is 3.40. The highest BCUT2D eigenvalue weighted by Crippen LogP contribution is 2.15. The molecule has 0 saturated carbocycles. The molecule has 0 unspecified atom stereocenters. The number of rotatable bonds is 4. The second-order valence-corrected chi connectivity index (χ2v) is 8.54. The number of thioether (sulfide) groups is 1. The van der Waals surface area contributed by atoms with Crippen molar-refractivity contribution in [3.8, 4) is 0 Å². The smallest absolute Gasteiger partial charge is 0.410 e. The third-order valence-electron chi connectivity index (χ3n) is 4.55. The highest BCUT2D eigenvalue weighted by molar-refractivity contribution is 7.98. The predicted octanol–water partition coefficient (Wildman–Crippen LogP) is 2.07. The predicted molar refractivity (Wildman–Crippen MR) is 110 cm³/mol. The van der Waals surface area contributed by atoms with Crippen LogP contribution in [0.5, 0.6) is 0 Å². The van der Waals surface area contributed by atoms with Gasteiger partial charge in [-0.15, -0.1) is 0 Å². The van der Waals surface area contributed by atoms with Crippen LogP contribution in [0.25, 0.3) is 11.0 Å². The molecule has 8 nitrogen and oxygen atoms in total. The topological polar surface area (TPSA) is 80.6 Å². The molecule has 9 heteroatoms. The lowest BCUT2D eigenvalue weighted by atomic mass is 10.2. The maximum Gasteiger partial charge on any atom is 0.410 e. The summed E-state index contributed by atoms with van der Waals surface area (Å²) in [6.45, 7) is 9.64. The van der Waals surface area contributed by atoms with Crippen LogP contribution in [0.1, 0.15) is 20.8 Å². The standard InChI is InChI=1S/C19H27N5O3S/c1-19(2,3)27-18(26)23-10-7-22(8-11-23)9-12-24-15(25)6-5-14-13-20-17(28-4)21-16(14)24/h5-6,13H,7-12H2,1-4H3. The van der Waals surface area contributed by atoms with Crippen LogP contribution < -0.4 is 5.56 Å². The third kappa shape index (κ3) is 5.02. The fourth-order valence-corrected chi connectivity index (χ4v) is 3.43. The minimum Gasteiger partial charge on any atom is -0.444 e. The third-order valence-corrected chi connectivity index (χ3v) is 5.11. The van der Waals surface area contributed by atoms with Gasteiger partial charge in [0.25, 0.3) is 5.56 Å². The fourth-order valence-electron chi connectivity index (χ4n) is 3.09. The Bertz CT molecular complexity index is 901. The van der Waals surface area contributed by atoms with E-state index in [4.69, 9.17) is 4.74 Å². The van der Waals surface area contributed by atoms with Gasteiger partial charge in [-0.3, -0.25) is 14.3 Å². The zero-order valence-electron chi connectivity index (χ0n) is 16.8. The van der Waals surface area contributed by atoms with E-state index < -0.39 is 5.60 Å². The number of hydrogen-bond acceptors (Lipinski definition) is 7. The van der Waals surface area contributed by atoms with Gasteiger partial charge in [0.1, 0.15) is 11.2 Å². The van der Waals surface area contributed by atoms with Crippen LogP contribution >= 0.6 is 11.8 Å². The van der Waals surface area contributed by atoms with Crippen molar-refractivity contribution in [2.45, 2.75) is 38.1 Å². The number of ether oxygens (including phenoxy) is 1. The molecule has 152 valence electrons. The minimum atomic E-state index is -0.485. The number of piperazine rings is 1. The van der Waals surface area contributed by atoms with Crippen LogP contribution in [0.2, 0.25) is 0 Å². The van der Waals surface area contributed by atoms with Gasteiger partial charge in [0.05, 0.1) is 0 Å².